The molecule has 114 valence electrons. The largest absolute Gasteiger partial charge is 0.480 e. The van der Waals surface area contributed by atoms with E-state index in [0.29, 0.717) is 13.1 Å². The molecule has 1 unspecified atom stereocenters. The van der Waals surface area contributed by atoms with Gasteiger partial charge in [0.25, 0.3) is 0 Å². The van der Waals surface area contributed by atoms with Crippen molar-refractivity contribution in [1.29, 1.82) is 0 Å². The SMILES string of the molecule is CCC1(C(=O)N2CC(C)(OCC(=O)O)C2)CCCNC1. The van der Waals surface area contributed by atoms with Crippen molar-refractivity contribution in [1.82, 2.24) is 10.2 Å². The van der Waals surface area contributed by atoms with Gasteiger partial charge in [0.05, 0.1) is 18.5 Å². The lowest BCUT2D eigenvalue weighted by molar-refractivity contribution is -0.180. The van der Waals surface area contributed by atoms with Crippen molar-refractivity contribution in [2.24, 2.45) is 5.41 Å². The molecule has 0 aromatic carbocycles. The van der Waals surface area contributed by atoms with Crippen molar-refractivity contribution in [2.75, 3.05) is 32.8 Å². The Morgan fingerprint density at radius 3 is 2.60 bits per heavy atom. The fourth-order valence-corrected chi connectivity index (χ4v) is 3.17. The number of aliphatic carboxylic acids is 1. The van der Waals surface area contributed by atoms with Crippen LogP contribution in [0.5, 0.6) is 0 Å². The lowest BCUT2D eigenvalue weighted by Gasteiger charge is -2.51. The molecular weight excluding hydrogens is 260 g/mol. The van der Waals surface area contributed by atoms with Crippen molar-refractivity contribution in [3.63, 3.8) is 0 Å². The number of carboxylic acid groups (broad SMARTS) is 1. The third kappa shape index (κ3) is 2.96. The second-order valence-corrected chi connectivity index (χ2v) is 6.21. The van der Waals surface area contributed by atoms with Gasteiger partial charge in [-0.1, -0.05) is 6.92 Å². The number of likely N-dealkylation sites (tertiary alicyclic amines) is 1. The summed E-state index contributed by atoms with van der Waals surface area (Å²) in [5.74, 6) is -0.791. The molecule has 2 heterocycles. The van der Waals surface area contributed by atoms with Crippen LogP contribution < -0.4 is 5.32 Å². The van der Waals surface area contributed by atoms with Gasteiger partial charge in [-0.2, -0.15) is 0 Å². The zero-order valence-corrected chi connectivity index (χ0v) is 12.3. The van der Waals surface area contributed by atoms with Crippen LogP contribution in [0.15, 0.2) is 0 Å². The van der Waals surface area contributed by atoms with Crippen LogP contribution in [0.25, 0.3) is 0 Å². The summed E-state index contributed by atoms with van der Waals surface area (Å²) in [5, 5.41) is 12.0. The van der Waals surface area contributed by atoms with E-state index in [1.54, 1.807) is 4.90 Å². The average molecular weight is 284 g/mol. The predicted molar refractivity (Wildman–Crippen MR) is 73.4 cm³/mol. The average Bonchev–Trinajstić information content (AvgIpc) is 2.42. The van der Waals surface area contributed by atoms with Crippen molar-refractivity contribution in [2.45, 2.75) is 38.7 Å². The van der Waals surface area contributed by atoms with E-state index in [2.05, 4.69) is 12.2 Å². The summed E-state index contributed by atoms with van der Waals surface area (Å²) in [4.78, 5) is 25.0. The summed E-state index contributed by atoms with van der Waals surface area (Å²) in [6, 6.07) is 0. The second-order valence-electron chi connectivity index (χ2n) is 6.21. The van der Waals surface area contributed by atoms with Crippen LogP contribution in [0, 0.1) is 5.41 Å². The monoisotopic (exact) mass is 284 g/mol. The number of hydrogen-bond acceptors (Lipinski definition) is 4. The molecular formula is C14H24N2O4. The molecule has 0 bridgehead atoms. The maximum atomic E-state index is 12.7. The molecule has 2 N–H and O–H groups in total. The minimum absolute atomic E-state index is 0.184. The molecule has 6 nitrogen and oxygen atoms in total. The number of ether oxygens (including phenoxy) is 1. The van der Waals surface area contributed by atoms with E-state index >= 15 is 0 Å². The zero-order valence-electron chi connectivity index (χ0n) is 12.3. The molecule has 0 aliphatic carbocycles. The van der Waals surface area contributed by atoms with E-state index in [1.807, 2.05) is 6.92 Å². The highest BCUT2D eigenvalue weighted by molar-refractivity contribution is 5.84. The number of hydrogen-bond donors (Lipinski definition) is 2. The molecule has 2 aliphatic rings. The predicted octanol–water partition coefficient (Wildman–Crippen LogP) is 0.468. The van der Waals surface area contributed by atoms with Crippen LogP contribution in [0.3, 0.4) is 0 Å². The van der Waals surface area contributed by atoms with E-state index in [9.17, 15) is 9.59 Å². The summed E-state index contributed by atoms with van der Waals surface area (Å²) < 4.78 is 5.35. The Morgan fingerprint density at radius 1 is 1.40 bits per heavy atom. The minimum Gasteiger partial charge on any atom is -0.480 e. The van der Waals surface area contributed by atoms with Crippen LogP contribution in [-0.4, -0.2) is 60.3 Å². The van der Waals surface area contributed by atoms with E-state index < -0.39 is 11.6 Å². The first-order valence-corrected chi connectivity index (χ1v) is 7.27. The number of carboxylic acids is 1. The van der Waals surface area contributed by atoms with Crippen molar-refractivity contribution < 1.29 is 19.4 Å². The van der Waals surface area contributed by atoms with Crippen LogP contribution in [0.2, 0.25) is 0 Å². The molecule has 0 aromatic rings. The van der Waals surface area contributed by atoms with E-state index in [4.69, 9.17) is 9.84 Å². The van der Waals surface area contributed by atoms with Gasteiger partial charge in [0, 0.05) is 6.54 Å². The number of piperidine rings is 1. The molecule has 1 amide bonds. The molecule has 6 heteroatoms. The number of amides is 1. The molecule has 0 saturated carbocycles. The summed E-state index contributed by atoms with van der Waals surface area (Å²) in [7, 11) is 0. The highest BCUT2D eigenvalue weighted by Crippen LogP contribution is 2.36. The number of carbonyl (C=O) groups excluding carboxylic acids is 1. The lowest BCUT2D eigenvalue weighted by Crippen LogP contribution is -2.67. The Bertz CT molecular complexity index is 385. The van der Waals surface area contributed by atoms with Crippen molar-refractivity contribution in [3.8, 4) is 0 Å². The minimum atomic E-state index is -0.975. The first kappa shape index (κ1) is 15.3. The molecule has 0 radical (unpaired) electrons. The topological polar surface area (TPSA) is 78.9 Å². The number of rotatable bonds is 5. The fraction of sp³-hybridized carbons (Fsp3) is 0.857. The van der Waals surface area contributed by atoms with Gasteiger partial charge in [-0.25, -0.2) is 4.79 Å². The molecule has 1 atom stereocenters. The van der Waals surface area contributed by atoms with Crippen LogP contribution in [0.1, 0.15) is 33.1 Å². The van der Waals surface area contributed by atoms with Gasteiger partial charge in [0.15, 0.2) is 0 Å². The van der Waals surface area contributed by atoms with Crippen LogP contribution in [-0.2, 0) is 14.3 Å². The van der Waals surface area contributed by atoms with Gasteiger partial charge in [0.1, 0.15) is 12.2 Å². The third-order valence-corrected chi connectivity index (χ3v) is 4.48. The molecule has 2 fully saturated rings. The summed E-state index contributed by atoms with van der Waals surface area (Å²) in [6.07, 6.45) is 2.79. The van der Waals surface area contributed by atoms with Crippen molar-refractivity contribution >= 4 is 11.9 Å². The van der Waals surface area contributed by atoms with Gasteiger partial charge in [-0.15, -0.1) is 0 Å². The van der Waals surface area contributed by atoms with Gasteiger partial charge in [-0.05, 0) is 32.7 Å². The molecule has 2 aliphatic heterocycles. The van der Waals surface area contributed by atoms with Crippen molar-refractivity contribution in [3.05, 3.63) is 0 Å². The first-order chi connectivity index (χ1) is 9.41. The summed E-state index contributed by atoms with van der Waals surface area (Å²) >= 11 is 0. The maximum Gasteiger partial charge on any atom is 0.329 e. The fourth-order valence-electron chi connectivity index (χ4n) is 3.17. The molecule has 0 spiro atoms. The normalized spacial score (nSPS) is 28.8. The summed E-state index contributed by atoms with van der Waals surface area (Å²) in [5.41, 5.74) is -0.794. The smallest absolute Gasteiger partial charge is 0.329 e. The Labute approximate surface area is 119 Å². The number of nitrogens with zero attached hydrogens (tertiary/aromatic N) is 1. The molecule has 20 heavy (non-hydrogen) atoms. The first-order valence-electron chi connectivity index (χ1n) is 7.27. The van der Waals surface area contributed by atoms with Gasteiger partial charge >= 0.3 is 5.97 Å². The molecule has 2 saturated heterocycles. The number of carbonyl (C=O) groups is 2. The van der Waals surface area contributed by atoms with E-state index in [-0.39, 0.29) is 17.9 Å². The highest BCUT2D eigenvalue weighted by atomic mass is 16.5. The van der Waals surface area contributed by atoms with E-state index in [0.717, 1.165) is 32.4 Å². The van der Waals surface area contributed by atoms with Crippen LogP contribution in [0.4, 0.5) is 0 Å². The Hall–Kier alpha value is -1.14. The van der Waals surface area contributed by atoms with Crippen LogP contribution >= 0.6 is 0 Å². The van der Waals surface area contributed by atoms with E-state index in [1.165, 1.54) is 0 Å². The number of nitrogens with one attached hydrogen (secondary N) is 1. The van der Waals surface area contributed by atoms with Gasteiger partial charge in [-0.3, -0.25) is 4.79 Å². The Balaban J connectivity index is 1.90. The molecule has 2 rings (SSSR count). The standard InChI is InChI=1S/C14H24N2O4/c1-3-14(5-4-6-15-8-14)12(19)16-9-13(2,10-16)20-7-11(17)18/h15H,3-10H2,1-2H3,(H,17,18). The Kier molecular flexibility index (Phi) is 4.34. The quantitative estimate of drug-likeness (QED) is 0.767. The lowest BCUT2D eigenvalue weighted by atomic mass is 9.75. The maximum absolute atomic E-state index is 12.7. The van der Waals surface area contributed by atoms with Gasteiger partial charge < -0.3 is 20.1 Å². The second kappa shape index (κ2) is 5.69. The molecule has 0 aromatic heterocycles. The highest BCUT2D eigenvalue weighted by Gasteiger charge is 2.49. The Morgan fingerprint density at radius 2 is 2.10 bits per heavy atom. The van der Waals surface area contributed by atoms with Gasteiger partial charge in [0.2, 0.25) is 5.91 Å². The third-order valence-electron chi connectivity index (χ3n) is 4.48. The zero-order chi connectivity index (χ0) is 14.8. The summed E-state index contributed by atoms with van der Waals surface area (Å²) in [6.45, 7) is 6.31.